The van der Waals surface area contributed by atoms with Crippen molar-refractivity contribution in [2.45, 2.75) is 6.42 Å². The van der Waals surface area contributed by atoms with E-state index in [-0.39, 0.29) is 32.7 Å². The Balaban J connectivity index is 1.68. The number of carbonyl (C=O) groups is 4. The molecule has 0 saturated heterocycles. The summed E-state index contributed by atoms with van der Waals surface area (Å²) < 4.78 is 42.7. The first-order valence-corrected chi connectivity index (χ1v) is 13.1. The summed E-state index contributed by atoms with van der Waals surface area (Å²) in [6.45, 7) is 6.32. The second-order valence-corrected chi connectivity index (χ2v) is 7.99. The summed E-state index contributed by atoms with van der Waals surface area (Å²) in [4.78, 5) is 45.7. The minimum atomic E-state index is -0.884. The molecule has 40 heavy (non-hydrogen) atoms. The van der Waals surface area contributed by atoms with Crippen molar-refractivity contribution in [2.24, 2.45) is 0 Å². The third kappa shape index (κ3) is 21.3. The quantitative estimate of drug-likeness (QED) is 0.0786. The highest BCUT2D eigenvalue weighted by Crippen LogP contribution is 2.02. The zero-order valence-corrected chi connectivity index (χ0v) is 22.9. The molecule has 0 bridgehead atoms. The second-order valence-electron chi connectivity index (χ2n) is 7.99. The molecule has 0 fully saturated rings. The number of nitrogens with one attached hydrogen (secondary N) is 1. The monoisotopic (exact) mass is 578 g/mol. The standard InChI is InChI=1S/C25H42N2O13/c28-22(21-27-23(29)1-2-24(27)30)26-4-6-34-8-10-36-12-14-38-16-18-40-20-19-39-17-15-37-13-11-35-9-7-33-5-3-25(31)32/h1-2H,3-21H2,(H,26,28)(H,31,32). The smallest absolute Gasteiger partial charge is 0.305 e. The topological polar surface area (TPSA) is 178 Å². The highest BCUT2D eigenvalue weighted by Gasteiger charge is 2.25. The van der Waals surface area contributed by atoms with Crippen LogP contribution in [0.25, 0.3) is 0 Å². The summed E-state index contributed by atoms with van der Waals surface area (Å²) in [5.74, 6) is -2.31. The third-order valence-corrected chi connectivity index (χ3v) is 4.84. The lowest BCUT2D eigenvalue weighted by Crippen LogP contribution is -2.41. The molecule has 0 aromatic rings. The van der Waals surface area contributed by atoms with Gasteiger partial charge < -0.3 is 48.3 Å². The largest absolute Gasteiger partial charge is 0.481 e. The lowest BCUT2D eigenvalue weighted by Gasteiger charge is -2.13. The molecule has 0 saturated carbocycles. The van der Waals surface area contributed by atoms with Crippen LogP contribution in [0.15, 0.2) is 12.2 Å². The molecule has 1 aliphatic heterocycles. The van der Waals surface area contributed by atoms with Crippen LogP contribution in [0.3, 0.4) is 0 Å². The minimum Gasteiger partial charge on any atom is -0.481 e. The van der Waals surface area contributed by atoms with Crippen molar-refractivity contribution in [3.8, 4) is 0 Å². The average Bonchev–Trinajstić information content (AvgIpc) is 3.24. The molecule has 15 heteroatoms. The Bertz CT molecular complexity index is 718. The van der Waals surface area contributed by atoms with Crippen molar-refractivity contribution in [2.75, 3.05) is 119 Å². The molecule has 0 aliphatic carbocycles. The van der Waals surface area contributed by atoms with Crippen LogP contribution in [0.4, 0.5) is 0 Å². The molecule has 15 nitrogen and oxygen atoms in total. The molecular formula is C25H42N2O13. The van der Waals surface area contributed by atoms with Gasteiger partial charge in [-0.2, -0.15) is 0 Å². The molecular weight excluding hydrogens is 536 g/mol. The van der Waals surface area contributed by atoms with E-state index in [1.807, 2.05) is 0 Å². The molecule has 0 aromatic carbocycles. The minimum absolute atomic E-state index is 0.0130. The Labute approximate surface area is 233 Å². The molecule has 0 radical (unpaired) electrons. The van der Waals surface area contributed by atoms with Gasteiger partial charge in [-0.1, -0.05) is 0 Å². The number of nitrogens with zero attached hydrogens (tertiary/aromatic N) is 1. The Kier molecular flexibility index (Phi) is 22.6. The summed E-state index contributed by atoms with van der Waals surface area (Å²) >= 11 is 0. The van der Waals surface area contributed by atoms with Crippen LogP contribution < -0.4 is 5.32 Å². The zero-order chi connectivity index (χ0) is 29.1. The van der Waals surface area contributed by atoms with E-state index in [1.54, 1.807) is 0 Å². The van der Waals surface area contributed by atoms with E-state index in [0.717, 1.165) is 17.1 Å². The molecule has 1 heterocycles. The number of imide groups is 1. The molecule has 0 atom stereocenters. The lowest BCUT2D eigenvalue weighted by molar-refractivity contribution is -0.141. The van der Waals surface area contributed by atoms with Gasteiger partial charge in [0.1, 0.15) is 6.54 Å². The van der Waals surface area contributed by atoms with Crippen molar-refractivity contribution in [3.63, 3.8) is 0 Å². The Hall–Kier alpha value is -2.50. The van der Waals surface area contributed by atoms with Crippen LogP contribution in [0.5, 0.6) is 0 Å². The number of hydrogen-bond acceptors (Lipinski definition) is 12. The van der Waals surface area contributed by atoms with Gasteiger partial charge in [-0.25, -0.2) is 0 Å². The number of carboxylic acids is 1. The van der Waals surface area contributed by atoms with Crippen molar-refractivity contribution < 1.29 is 62.2 Å². The molecule has 1 rings (SSSR count). The van der Waals surface area contributed by atoms with E-state index < -0.39 is 23.7 Å². The van der Waals surface area contributed by atoms with Gasteiger partial charge in [-0.05, 0) is 0 Å². The first kappa shape index (κ1) is 35.5. The normalized spacial score (nSPS) is 12.9. The summed E-state index contributed by atoms with van der Waals surface area (Å²) in [6.07, 6.45) is 2.25. The van der Waals surface area contributed by atoms with E-state index in [0.29, 0.717) is 92.5 Å². The Morgan fingerprint density at radius 2 is 0.900 bits per heavy atom. The zero-order valence-electron chi connectivity index (χ0n) is 22.9. The molecule has 0 spiro atoms. The Morgan fingerprint density at radius 1 is 0.575 bits per heavy atom. The molecule has 2 N–H and O–H groups in total. The number of rotatable bonds is 29. The van der Waals surface area contributed by atoms with Gasteiger partial charge in [-0.15, -0.1) is 0 Å². The van der Waals surface area contributed by atoms with Crippen molar-refractivity contribution in [1.82, 2.24) is 10.2 Å². The third-order valence-electron chi connectivity index (χ3n) is 4.84. The van der Waals surface area contributed by atoms with Crippen LogP contribution in [0, 0.1) is 0 Å². The number of carboxylic acid groups (broad SMARTS) is 1. The summed E-state index contributed by atoms with van der Waals surface area (Å²) in [5, 5.41) is 11.0. The van der Waals surface area contributed by atoms with Gasteiger partial charge in [0.15, 0.2) is 0 Å². The van der Waals surface area contributed by atoms with Gasteiger partial charge in [0.05, 0.1) is 112 Å². The summed E-state index contributed by atoms with van der Waals surface area (Å²) in [5.41, 5.74) is 0. The van der Waals surface area contributed by atoms with Crippen molar-refractivity contribution in [1.29, 1.82) is 0 Å². The van der Waals surface area contributed by atoms with Gasteiger partial charge >= 0.3 is 5.97 Å². The van der Waals surface area contributed by atoms with Gasteiger partial charge in [-0.3, -0.25) is 24.1 Å². The molecule has 1 aliphatic rings. The maximum Gasteiger partial charge on any atom is 0.305 e. The fourth-order valence-electron chi connectivity index (χ4n) is 2.85. The van der Waals surface area contributed by atoms with Crippen LogP contribution in [0.1, 0.15) is 6.42 Å². The van der Waals surface area contributed by atoms with Gasteiger partial charge in [0.2, 0.25) is 5.91 Å². The van der Waals surface area contributed by atoms with E-state index in [2.05, 4.69) is 5.32 Å². The number of ether oxygens (including phenoxy) is 8. The Morgan fingerprint density at radius 3 is 1.25 bits per heavy atom. The highest BCUT2D eigenvalue weighted by atomic mass is 16.6. The SMILES string of the molecule is O=C(O)CCOCCOCCOCCOCCOCCOCCOCCOCCNC(=O)CN1C(=O)C=CC1=O. The number of aliphatic carboxylic acids is 1. The number of carbonyl (C=O) groups excluding carboxylic acids is 3. The first-order chi connectivity index (χ1) is 19.5. The molecule has 3 amide bonds. The average molecular weight is 579 g/mol. The van der Waals surface area contributed by atoms with E-state index in [1.165, 1.54) is 0 Å². The fourth-order valence-corrected chi connectivity index (χ4v) is 2.85. The lowest BCUT2D eigenvalue weighted by atomic mass is 10.4. The maximum absolute atomic E-state index is 11.7. The molecule has 0 unspecified atom stereocenters. The van der Waals surface area contributed by atoms with E-state index in [9.17, 15) is 19.2 Å². The summed E-state index contributed by atoms with van der Waals surface area (Å²) in [7, 11) is 0. The van der Waals surface area contributed by atoms with Crippen molar-refractivity contribution >= 4 is 23.7 Å². The van der Waals surface area contributed by atoms with Crippen LogP contribution >= 0.6 is 0 Å². The maximum atomic E-state index is 11.7. The predicted octanol–water partition coefficient (Wildman–Crippen LogP) is -1.36. The predicted molar refractivity (Wildman–Crippen MR) is 138 cm³/mol. The fraction of sp³-hybridized carbons (Fsp3) is 0.760. The van der Waals surface area contributed by atoms with Gasteiger partial charge in [0, 0.05) is 18.7 Å². The second kappa shape index (κ2) is 25.5. The van der Waals surface area contributed by atoms with E-state index in [4.69, 9.17) is 43.0 Å². The van der Waals surface area contributed by atoms with Gasteiger partial charge in [0.25, 0.3) is 11.8 Å². The van der Waals surface area contributed by atoms with Crippen molar-refractivity contribution in [3.05, 3.63) is 12.2 Å². The van der Waals surface area contributed by atoms with Crippen LogP contribution in [-0.4, -0.2) is 152 Å². The molecule has 0 aromatic heterocycles. The first-order valence-electron chi connectivity index (χ1n) is 13.1. The van der Waals surface area contributed by atoms with E-state index >= 15 is 0 Å². The van der Waals surface area contributed by atoms with Crippen LogP contribution in [-0.2, 0) is 57.1 Å². The number of hydrogen-bond donors (Lipinski definition) is 2. The number of amides is 3. The highest BCUT2D eigenvalue weighted by molar-refractivity contribution is 6.14. The summed E-state index contributed by atoms with van der Waals surface area (Å²) in [6, 6.07) is 0. The molecule has 230 valence electrons. The van der Waals surface area contributed by atoms with Crippen LogP contribution in [0.2, 0.25) is 0 Å².